The van der Waals surface area contributed by atoms with Crippen LogP contribution in [0.2, 0.25) is 0 Å². The summed E-state index contributed by atoms with van der Waals surface area (Å²) in [5.74, 6) is -1.16. The van der Waals surface area contributed by atoms with Gasteiger partial charge in [0.15, 0.2) is 0 Å². The second-order valence-electron chi connectivity index (χ2n) is 6.39. The highest BCUT2D eigenvalue weighted by atomic mass is 16.5. The number of likely N-dealkylation sites (tertiary alicyclic amines) is 1. The third-order valence-electron chi connectivity index (χ3n) is 4.97. The van der Waals surface area contributed by atoms with Crippen molar-refractivity contribution < 1.29 is 19.4 Å². The molecular weight excluding hydrogens is 272 g/mol. The zero-order chi connectivity index (χ0) is 15.6. The maximum Gasteiger partial charge on any atom is 0.329 e. The molecule has 2 saturated heterocycles. The van der Waals surface area contributed by atoms with Crippen molar-refractivity contribution in [2.45, 2.75) is 70.1 Å². The van der Waals surface area contributed by atoms with Gasteiger partial charge in [-0.3, -0.25) is 9.69 Å². The lowest BCUT2D eigenvalue weighted by Crippen LogP contribution is -2.61. The number of carbonyl (C=O) groups is 2. The van der Waals surface area contributed by atoms with E-state index < -0.39 is 11.5 Å². The van der Waals surface area contributed by atoms with E-state index in [0.717, 1.165) is 12.8 Å². The Hall–Kier alpha value is -1.14. The molecule has 120 valence electrons. The lowest BCUT2D eigenvalue weighted by molar-refractivity contribution is -0.153. The van der Waals surface area contributed by atoms with Gasteiger partial charge in [-0.15, -0.1) is 0 Å². The van der Waals surface area contributed by atoms with Crippen molar-refractivity contribution in [1.82, 2.24) is 10.2 Å². The fourth-order valence-corrected chi connectivity index (χ4v) is 3.57. The molecule has 0 aromatic rings. The second kappa shape index (κ2) is 6.32. The van der Waals surface area contributed by atoms with Gasteiger partial charge in [0.25, 0.3) is 0 Å². The Bertz CT molecular complexity index is 396. The van der Waals surface area contributed by atoms with Gasteiger partial charge in [-0.05, 0) is 33.6 Å². The number of rotatable bonds is 4. The maximum absolute atomic E-state index is 12.5. The first-order valence-corrected chi connectivity index (χ1v) is 7.78. The molecular formula is C15H26N2O4. The van der Waals surface area contributed by atoms with E-state index in [9.17, 15) is 14.7 Å². The van der Waals surface area contributed by atoms with Gasteiger partial charge < -0.3 is 15.2 Å². The average molecular weight is 298 g/mol. The van der Waals surface area contributed by atoms with E-state index in [1.54, 1.807) is 0 Å². The molecule has 2 aliphatic rings. The van der Waals surface area contributed by atoms with Crippen LogP contribution in [0.5, 0.6) is 0 Å². The number of amides is 1. The van der Waals surface area contributed by atoms with Crippen LogP contribution in [0.25, 0.3) is 0 Å². The largest absolute Gasteiger partial charge is 0.480 e. The number of nitrogens with zero attached hydrogens (tertiary/aromatic N) is 1. The van der Waals surface area contributed by atoms with Gasteiger partial charge in [0.05, 0.1) is 6.04 Å². The molecule has 2 rings (SSSR count). The van der Waals surface area contributed by atoms with Crippen molar-refractivity contribution in [1.29, 1.82) is 0 Å². The van der Waals surface area contributed by atoms with Crippen LogP contribution in [-0.2, 0) is 14.3 Å². The number of carboxylic acid groups (broad SMARTS) is 1. The number of carbonyl (C=O) groups excluding carboxylic acids is 1. The van der Waals surface area contributed by atoms with Gasteiger partial charge in [0.1, 0.15) is 5.54 Å². The summed E-state index contributed by atoms with van der Waals surface area (Å²) in [6, 6.07) is 0.406. The zero-order valence-corrected chi connectivity index (χ0v) is 13.1. The molecule has 2 fully saturated rings. The Morgan fingerprint density at radius 3 is 2.24 bits per heavy atom. The van der Waals surface area contributed by atoms with Gasteiger partial charge >= 0.3 is 5.97 Å². The van der Waals surface area contributed by atoms with Gasteiger partial charge in [-0.1, -0.05) is 0 Å². The van der Waals surface area contributed by atoms with Crippen molar-refractivity contribution in [3.8, 4) is 0 Å². The lowest BCUT2D eigenvalue weighted by Gasteiger charge is -2.37. The highest BCUT2D eigenvalue weighted by Gasteiger charge is 2.44. The number of aliphatic carboxylic acids is 1. The smallest absolute Gasteiger partial charge is 0.329 e. The summed E-state index contributed by atoms with van der Waals surface area (Å²) in [7, 11) is 0. The highest BCUT2D eigenvalue weighted by molar-refractivity contribution is 5.89. The Morgan fingerprint density at radius 1 is 1.24 bits per heavy atom. The first-order valence-electron chi connectivity index (χ1n) is 7.78. The fourth-order valence-electron chi connectivity index (χ4n) is 3.57. The van der Waals surface area contributed by atoms with Gasteiger partial charge in [0, 0.05) is 38.1 Å². The van der Waals surface area contributed by atoms with Gasteiger partial charge in [-0.2, -0.15) is 0 Å². The van der Waals surface area contributed by atoms with E-state index in [-0.39, 0.29) is 11.9 Å². The van der Waals surface area contributed by atoms with E-state index in [2.05, 4.69) is 24.1 Å². The van der Waals surface area contributed by atoms with Crippen LogP contribution in [0, 0.1) is 0 Å². The third-order valence-corrected chi connectivity index (χ3v) is 4.97. The van der Waals surface area contributed by atoms with E-state index >= 15 is 0 Å². The molecule has 0 bridgehead atoms. The molecule has 0 aliphatic carbocycles. The zero-order valence-electron chi connectivity index (χ0n) is 13.1. The van der Waals surface area contributed by atoms with Crippen molar-refractivity contribution >= 4 is 11.9 Å². The van der Waals surface area contributed by atoms with E-state index in [0.29, 0.717) is 38.1 Å². The molecule has 0 saturated carbocycles. The quantitative estimate of drug-likeness (QED) is 0.809. The molecule has 0 aromatic heterocycles. The first-order chi connectivity index (χ1) is 9.87. The van der Waals surface area contributed by atoms with Crippen LogP contribution in [0.1, 0.15) is 46.5 Å². The molecule has 2 aliphatic heterocycles. The highest BCUT2D eigenvalue weighted by Crippen LogP contribution is 2.27. The van der Waals surface area contributed by atoms with Gasteiger partial charge in [-0.25, -0.2) is 4.79 Å². The Morgan fingerprint density at radius 2 is 1.76 bits per heavy atom. The predicted octanol–water partition coefficient (Wildman–Crippen LogP) is 0.998. The topological polar surface area (TPSA) is 78.9 Å². The SMILES string of the molecule is CC1CCC(C)N1C(C)C(=O)NC1(C(=O)O)CCOCC1. The van der Waals surface area contributed by atoms with Crippen LogP contribution in [0.4, 0.5) is 0 Å². The summed E-state index contributed by atoms with van der Waals surface area (Å²) in [5, 5.41) is 12.3. The minimum Gasteiger partial charge on any atom is -0.480 e. The lowest BCUT2D eigenvalue weighted by atomic mass is 9.89. The van der Waals surface area contributed by atoms with Crippen molar-refractivity contribution in [3.05, 3.63) is 0 Å². The van der Waals surface area contributed by atoms with Crippen molar-refractivity contribution in [2.75, 3.05) is 13.2 Å². The summed E-state index contributed by atoms with van der Waals surface area (Å²) >= 11 is 0. The van der Waals surface area contributed by atoms with Crippen LogP contribution >= 0.6 is 0 Å². The maximum atomic E-state index is 12.5. The number of ether oxygens (including phenoxy) is 1. The van der Waals surface area contributed by atoms with Crippen molar-refractivity contribution in [3.63, 3.8) is 0 Å². The second-order valence-corrected chi connectivity index (χ2v) is 6.39. The molecule has 2 N–H and O–H groups in total. The van der Waals surface area contributed by atoms with Crippen LogP contribution in [0.3, 0.4) is 0 Å². The summed E-state index contributed by atoms with van der Waals surface area (Å²) in [5.41, 5.74) is -1.17. The minimum atomic E-state index is -1.17. The Kier molecular flexibility index (Phi) is 4.88. The normalized spacial score (nSPS) is 30.8. The van der Waals surface area contributed by atoms with E-state index in [1.807, 2.05) is 6.92 Å². The molecule has 0 radical (unpaired) electrons. The molecule has 2 heterocycles. The van der Waals surface area contributed by atoms with Crippen LogP contribution < -0.4 is 5.32 Å². The summed E-state index contributed by atoms with van der Waals surface area (Å²) in [6.07, 6.45) is 2.81. The number of hydrogen-bond donors (Lipinski definition) is 2. The molecule has 0 aromatic carbocycles. The standard InChI is InChI=1S/C15H26N2O4/c1-10-4-5-11(2)17(10)12(3)13(18)16-15(14(19)20)6-8-21-9-7-15/h10-12H,4-9H2,1-3H3,(H,16,18)(H,19,20). The number of carboxylic acids is 1. The fraction of sp³-hybridized carbons (Fsp3) is 0.867. The number of hydrogen-bond acceptors (Lipinski definition) is 4. The number of nitrogens with one attached hydrogen (secondary N) is 1. The van der Waals surface area contributed by atoms with Crippen molar-refractivity contribution in [2.24, 2.45) is 0 Å². The van der Waals surface area contributed by atoms with E-state index in [1.165, 1.54) is 0 Å². The monoisotopic (exact) mass is 298 g/mol. The van der Waals surface area contributed by atoms with Crippen LogP contribution in [0.15, 0.2) is 0 Å². The Labute approximate surface area is 125 Å². The summed E-state index contributed by atoms with van der Waals surface area (Å²) < 4.78 is 5.23. The average Bonchev–Trinajstić information content (AvgIpc) is 2.78. The molecule has 6 heteroatoms. The molecule has 3 atom stereocenters. The van der Waals surface area contributed by atoms with Crippen LogP contribution in [-0.4, -0.2) is 58.8 Å². The Balaban J connectivity index is 2.06. The molecule has 0 spiro atoms. The molecule has 1 amide bonds. The summed E-state index contributed by atoms with van der Waals surface area (Å²) in [6.45, 7) is 6.85. The third kappa shape index (κ3) is 3.21. The molecule has 6 nitrogen and oxygen atoms in total. The van der Waals surface area contributed by atoms with E-state index in [4.69, 9.17) is 4.74 Å². The first kappa shape index (κ1) is 16.2. The minimum absolute atomic E-state index is 0.195. The summed E-state index contributed by atoms with van der Waals surface area (Å²) in [4.78, 5) is 26.3. The van der Waals surface area contributed by atoms with Gasteiger partial charge in [0.2, 0.25) is 5.91 Å². The predicted molar refractivity (Wildman–Crippen MR) is 78.0 cm³/mol. The molecule has 21 heavy (non-hydrogen) atoms. The molecule has 3 unspecified atom stereocenters.